The molecule has 2 N–H and O–H groups in total. The molecule has 0 heterocycles. The van der Waals surface area contributed by atoms with Crippen LogP contribution in [0.1, 0.15) is 42.2 Å². The smallest absolute Gasteiger partial charge is 0.343 e. The van der Waals surface area contributed by atoms with Gasteiger partial charge in [0.2, 0.25) is 5.75 Å². The van der Waals surface area contributed by atoms with Crippen LogP contribution in [0, 0.1) is 6.92 Å². The van der Waals surface area contributed by atoms with Crippen LogP contribution >= 0.6 is 15.9 Å². The maximum Gasteiger partial charge on any atom is 0.343 e. The van der Waals surface area contributed by atoms with Crippen molar-refractivity contribution in [3.8, 4) is 23.0 Å². The summed E-state index contributed by atoms with van der Waals surface area (Å²) in [5.74, 6) is -0.0599. The molecule has 0 atom stereocenters. The van der Waals surface area contributed by atoms with E-state index in [0.717, 1.165) is 10.0 Å². The molecule has 220 valence electrons. The topological polar surface area (TPSA) is 125 Å². The second-order valence-electron chi connectivity index (χ2n) is 9.08. The fourth-order valence-electron chi connectivity index (χ4n) is 3.91. The molecule has 0 aliphatic heterocycles. The van der Waals surface area contributed by atoms with Gasteiger partial charge in [-0.1, -0.05) is 33.6 Å². The van der Waals surface area contributed by atoms with E-state index in [1.54, 1.807) is 54.6 Å². The van der Waals surface area contributed by atoms with Gasteiger partial charge >= 0.3 is 5.97 Å². The lowest BCUT2D eigenvalue weighted by molar-refractivity contribution is 0.0733. The number of hydrazone groups is 1. The summed E-state index contributed by atoms with van der Waals surface area (Å²) in [6.45, 7) is 1.93. The van der Waals surface area contributed by atoms with Gasteiger partial charge in [0.25, 0.3) is 11.8 Å². The molecule has 2 amide bonds. The lowest BCUT2D eigenvalue weighted by atomic mass is 10.1. The number of aryl methyl sites for hydroxylation is 1. The number of benzene rings is 4. The number of anilines is 1. The molecule has 0 aliphatic rings. The van der Waals surface area contributed by atoms with Gasteiger partial charge < -0.3 is 24.3 Å². The van der Waals surface area contributed by atoms with Crippen molar-refractivity contribution in [1.29, 1.82) is 0 Å². The minimum atomic E-state index is -0.515. The van der Waals surface area contributed by atoms with E-state index in [4.69, 9.17) is 18.9 Å². The first-order valence-electron chi connectivity index (χ1n) is 12.9. The Balaban J connectivity index is 1.40. The third-order valence-electron chi connectivity index (χ3n) is 6.16. The molecule has 43 heavy (non-hydrogen) atoms. The van der Waals surface area contributed by atoms with E-state index < -0.39 is 17.8 Å². The van der Waals surface area contributed by atoms with Gasteiger partial charge in [0, 0.05) is 26.9 Å². The molecular formula is C32H28BrN3O7. The van der Waals surface area contributed by atoms with Crippen LogP contribution in [0.15, 0.2) is 88.4 Å². The highest BCUT2D eigenvalue weighted by molar-refractivity contribution is 9.10. The number of esters is 1. The highest BCUT2D eigenvalue weighted by Crippen LogP contribution is 2.38. The lowest BCUT2D eigenvalue weighted by Gasteiger charge is -2.14. The summed E-state index contributed by atoms with van der Waals surface area (Å²) in [5.41, 5.74) is 5.43. The average molecular weight is 646 g/mol. The first-order valence-corrected chi connectivity index (χ1v) is 13.6. The van der Waals surface area contributed by atoms with Gasteiger partial charge in [-0.15, -0.1) is 0 Å². The number of carbonyl (C=O) groups is 3. The Labute approximate surface area is 256 Å². The molecule has 0 radical (unpaired) electrons. The number of ether oxygens (including phenoxy) is 4. The number of hydrogen-bond acceptors (Lipinski definition) is 8. The monoisotopic (exact) mass is 645 g/mol. The minimum Gasteiger partial charge on any atom is -0.493 e. The van der Waals surface area contributed by atoms with Crippen molar-refractivity contribution in [3.05, 3.63) is 111 Å². The molecule has 0 bridgehead atoms. The van der Waals surface area contributed by atoms with Crippen molar-refractivity contribution < 1.29 is 33.3 Å². The van der Waals surface area contributed by atoms with Crippen molar-refractivity contribution in [1.82, 2.24) is 5.43 Å². The van der Waals surface area contributed by atoms with E-state index in [-0.39, 0.29) is 5.75 Å². The van der Waals surface area contributed by atoms with E-state index in [2.05, 4.69) is 31.8 Å². The predicted octanol–water partition coefficient (Wildman–Crippen LogP) is 6.02. The molecule has 4 aromatic carbocycles. The van der Waals surface area contributed by atoms with Crippen LogP contribution in [-0.4, -0.2) is 45.3 Å². The van der Waals surface area contributed by atoms with Crippen molar-refractivity contribution in [3.63, 3.8) is 0 Å². The zero-order valence-electron chi connectivity index (χ0n) is 23.8. The van der Waals surface area contributed by atoms with Gasteiger partial charge in [-0.3, -0.25) is 9.59 Å². The Morgan fingerprint density at radius 1 is 0.721 bits per heavy atom. The Hall–Kier alpha value is -5.16. The molecule has 4 rings (SSSR count). The molecule has 0 fully saturated rings. The standard InChI is InChI=1S/C32H28BrN3O7/c1-19-5-7-21(8-6-19)32(39)43-26-14-11-24(33)15-23(26)18-34-36-31(38)20-9-12-25(13-10-20)35-30(37)22-16-27(40-2)29(42-4)28(17-22)41-3/h5-18H,1-4H3,(H,35,37)(H,36,38)/b34-18-. The van der Waals surface area contributed by atoms with Crippen LogP contribution in [0.4, 0.5) is 5.69 Å². The van der Waals surface area contributed by atoms with Crippen LogP contribution in [-0.2, 0) is 0 Å². The van der Waals surface area contributed by atoms with Crippen LogP contribution in [0.5, 0.6) is 23.0 Å². The van der Waals surface area contributed by atoms with Gasteiger partial charge in [0.05, 0.1) is 33.1 Å². The second-order valence-corrected chi connectivity index (χ2v) is 10.00. The van der Waals surface area contributed by atoms with E-state index >= 15 is 0 Å². The van der Waals surface area contributed by atoms with Crippen LogP contribution in [0.2, 0.25) is 0 Å². The van der Waals surface area contributed by atoms with Gasteiger partial charge in [-0.25, -0.2) is 10.2 Å². The van der Waals surface area contributed by atoms with Gasteiger partial charge in [-0.2, -0.15) is 5.10 Å². The van der Waals surface area contributed by atoms with E-state index in [1.165, 1.54) is 39.7 Å². The normalized spacial score (nSPS) is 10.6. The first-order chi connectivity index (χ1) is 20.7. The van der Waals surface area contributed by atoms with Crippen molar-refractivity contribution in [2.75, 3.05) is 26.6 Å². The number of methoxy groups -OCH3 is 3. The molecule has 0 saturated carbocycles. The maximum atomic E-state index is 12.9. The summed E-state index contributed by atoms with van der Waals surface area (Å²) in [6, 6.07) is 21.4. The highest BCUT2D eigenvalue weighted by Gasteiger charge is 2.17. The third-order valence-corrected chi connectivity index (χ3v) is 6.66. The van der Waals surface area contributed by atoms with Gasteiger partial charge in [0.1, 0.15) is 5.75 Å². The molecular weight excluding hydrogens is 618 g/mol. The van der Waals surface area contributed by atoms with Crippen LogP contribution < -0.4 is 29.7 Å². The molecule has 0 unspecified atom stereocenters. The Bertz CT molecular complexity index is 1640. The summed E-state index contributed by atoms with van der Waals surface area (Å²) in [5, 5.41) is 6.80. The number of nitrogens with one attached hydrogen (secondary N) is 2. The average Bonchev–Trinajstić information content (AvgIpc) is 3.02. The number of halogens is 1. The Morgan fingerprint density at radius 2 is 1.35 bits per heavy atom. The lowest BCUT2D eigenvalue weighted by Crippen LogP contribution is -2.18. The van der Waals surface area contributed by atoms with Crippen molar-refractivity contribution in [2.45, 2.75) is 6.92 Å². The largest absolute Gasteiger partial charge is 0.493 e. The summed E-state index contributed by atoms with van der Waals surface area (Å²) < 4.78 is 22.2. The molecule has 0 saturated heterocycles. The van der Waals surface area contributed by atoms with Crippen molar-refractivity contribution in [2.24, 2.45) is 5.10 Å². The van der Waals surface area contributed by atoms with E-state index in [0.29, 0.717) is 45.2 Å². The third kappa shape index (κ3) is 7.77. The van der Waals surface area contributed by atoms with Gasteiger partial charge in [0.15, 0.2) is 11.5 Å². The molecule has 0 aromatic heterocycles. The minimum absolute atomic E-state index is 0.277. The van der Waals surface area contributed by atoms with Crippen molar-refractivity contribution >= 4 is 45.6 Å². The SMILES string of the molecule is COc1cc(C(=O)Nc2ccc(C(=O)N/N=C\c3cc(Br)ccc3OC(=O)c3ccc(C)cc3)cc2)cc(OC)c1OC. The van der Waals surface area contributed by atoms with Crippen LogP contribution in [0.3, 0.4) is 0 Å². The number of hydrogen-bond donors (Lipinski definition) is 2. The summed E-state index contributed by atoms with van der Waals surface area (Å²) in [6.07, 6.45) is 1.38. The molecule has 4 aromatic rings. The fourth-order valence-corrected chi connectivity index (χ4v) is 4.29. The summed E-state index contributed by atoms with van der Waals surface area (Å²) >= 11 is 3.39. The zero-order valence-corrected chi connectivity index (χ0v) is 25.4. The van der Waals surface area contributed by atoms with E-state index in [9.17, 15) is 14.4 Å². The number of carbonyl (C=O) groups excluding carboxylic acids is 3. The van der Waals surface area contributed by atoms with E-state index in [1.807, 2.05) is 19.1 Å². The predicted molar refractivity (Wildman–Crippen MR) is 166 cm³/mol. The molecule has 0 spiro atoms. The molecule has 11 heteroatoms. The molecule has 0 aliphatic carbocycles. The molecule has 10 nitrogen and oxygen atoms in total. The summed E-state index contributed by atoms with van der Waals surface area (Å²) in [7, 11) is 4.41. The zero-order chi connectivity index (χ0) is 30.9. The van der Waals surface area contributed by atoms with Crippen LogP contribution in [0.25, 0.3) is 0 Å². The highest BCUT2D eigenvalue weighted by atomic mass is 79.9. The maximum absolute atomic E-state index is 12.9. The number of nitrogens with zero attached hydrogens (tertiary/aromatic N) is 1. The Kier molecular flexibility index (Phi) is 10.1. The Morgan fingerprint density at radius 3 is 1.95 bits per heavy atom. The number of amides is 2. The fraction of sp³-hybridized carbons (Fsp3) is 0.125. The van der Waals surface area contributed by atoms with Gasteiger partial charge in [-0.05, 0) is 73.7 Å². The summed E-state index contributed by atoms with van der Waals surface area (Å²) in [4.78, 5) is 38.1. The first kappa shape index (κ1) is 30.8. The quantitative estimate of drug-likeness (QED) is 0.0935. The number of rotatable bonds is 10. The second kappa shape index (κ2) is 14.1.